The summed E-state index contributed by atoms with van der Waals surface area (Å²) in [6.07, 6.45) is -0.584. The predicted molar refractivity (Wildman–Crippen MR) is 94.1 cm³/mol. The van der Waals surface area contributed by atoms with Gasteiger partial charge in [-0.1, -0.05) is 35.9 Å². The third kappa shape index (κ3) is 3.77. The average Bonchev–Trinajstić information content (AvgIpc) is 2.61. The third-order valence-corrected chi connectivity index (χ3v) is 4.30. The number of hydrogen-bond donors (Lipinski definition) is 1. The Kier molecular flexibility index (Phi) is 5.24. The number of amides is 1. The highest BCUT2D eigenvalue weighted by Gasteiger charge is 2.37. The summed E-state index contributed by atoms with van der Waals surface area (Å²) >= 11 is 6.08. The maximum atomic E-state index is 13.0. The molecule has 1 aliphatic heterocycles. The number of alkyl carbamates (subject to hydrolysis) is 1. The summed E-state index contributed by atoms with van der Waals surface area (Å²) in [7, 11) is 0. The molecule has 0 saturated carbocycles. The Labute approximate surface area is 150 Å². The Balaban J connectivity index is 1.94. The molecule has 0 aliphatic carbocycles. The van der Waals surface area contributed by atoms with Crippen LogP contribution in [0.2, 0.25) is 5.02 Å². The number of para-hydroxylation sites is 1. The van der Waals surface area contributed by atoms with Crippen molar-refractivity contribution in [2.24, 2.45) is 5.92 Å². The van der Waals surface area contributed by atoms with Crippen LogP contribution in [0.25, 0.3) is 0 Å². The molecule has 2 atom stereocenters. The molecule has 2 aromatic carbocycles. The van der Waals surface area contributed by atoms with E-state index in [4.69, 9.17) is 21.1 Å². The molecule has 0 radical (unpaired) electrons. The van der Waals surface area contributed by atoms with Crippen LogP contribution in [-0.2, 0) is 4.74 Å². The molecule has 25 heavy (non-hydrogen) atoms. The maximum Gasteiger partial charge on any atom is 0.407 e. The Bertz CT molecular complexity index is 792. The topological polar surface area (TPSA) is 64.6 Å². The van der Waals surface area contributed by atoms with Crippen LogP contribution in [0.3, 0.4) is 0 Å². The number of fused-ring (bicyclic) bond motifs is 1. The van der Waals surface area contributed by atoms with Crippen LogP contribution in [0, 0.1) is 5.92 Å². The molecule has 0 spiro atoms. The number of carbonyl (C=O) groups excluding carboxylic acids is 2. The Morgan fingerprint density at radius 3 is 2.88 bits per heavy atom. The molecule has 1 aliphatic rings. The summed E-state index contributed by atoms with van der Waals surface area (Å²) in [5.41, 5.74) is 1.23. The number of hydrogen-bond acceptors (Lipinski definition) is 4. The monoisotopic (exact) mass is 359 g/mol. The van der Waals surface area contributed by atoms with Crippen LogP contribution in [0.4, 0.5) is 4.79 Å². The number of carbonyl (C=O) groups is 2. The molecule has 0 aromatic heterocycles. The van der Waals surface area contributed by atoms with Gasteiger partial charge in [0.05, 0.1) is 24.1 Å². The fraction of sp³-hybridized carbons (Fsp3) is 0.263. The number of Topliss-reactive ketones (excluding diaryl/α,β-unsaturated/α-hetero) is 1. The Morgan fingerprint density at radius 1 is 1.32 bits per heavy atom. The molecule has 1 heterocycles. The van der Waals surface area contributed by atoms with E-state index in [-0.39, 0.29) is 19.0 Å². The van der Waals surface area contributed by atoms with Crippen LogP contribution < -0.4 is 10.1 Å². The number of rotatable bonds is 4. The van der Waals surface area contributed by atoms with Crippen LogP contribution in [0.1, 0.15) is 28.9 Å². The van der Waals surface area contributed by atoms with Crippen LogP contribution in [0.15, 0.2) is 48.5 Å². The zero-order chi connectivity index (χ0) is 17.8. The molecule has 1 amide bonds. The second-order valence-electron chi connectivity index (χ2n) is 5.68. The van der Waals surface area contributed by atoms with E-state index in [1.165, 1.54) is 0 Å². The minimum atomic E-state index is -0.599. The summed E-state index contributed by atoms with van der Waals surface area (Å²) in [6, 6.07) is 13.6. The first-order valence-corrected chi connectivity index (χ1v) is 8.42. The number of nitrogens with one attached hydrogen (secondary N) is 1. The maximum absolute atomic E-state index is 13.0. The highest BCUT2D eigenvalue weighted by atomic mass is 35.5. The zero-order valence-corrected chi connectivity index (χ0v) is 14.5. The summed E-state index contributed by atoms with van der Waals surface area (Å²) in [6.45, 7) is 2.13. The quantitative estimate of drug-likeness (QED) is 0.895. The van der Waals surface area contributed by atoms with Crippen molar-refractivity contribution in [1.29, 1.82) is 0 Å². The molecule has 3 rings (SSSR count). The number of benzene rings is 2. The van der Waals surface area contributed by atoms with Crippen molar-refractivity contribution < 1.29 is 19.1 Å². The van der Waals surface area contributed by atoms with Gasteiger partial charge in [0.15, 0.2) is 5.78 Å². The first kappa shape index (κ1) is 17.3. The highest BCUT2D eigenvalue weighted by molar-refractivity contribution is 6.30. The van der Waals surface area contributed by atoms with E-state index >= 15 is 0 Å². The fourth-order valence-electron chi connectivity index (χ4n) is 2.91. The SMILES string of the molecule is CCOC(=O)N[C@@H](c1cccc(Cl)c1)[C@H]1COc2ccccc2C1=O. The third-order valence-electron chi connectivity index (χ3n) is 4.07. The lowest BCUT2D eigenvalue weighted by atomic mass is 9.85. The van der Waals surface area contributed by atoms with Gasteiger partial charge in [-0.2, -0.15) is 0 Å². The van der Waals surface area contributed by atoms with Gasteiger partial charge in [-0.3, -0.25) is 4.79 Å². The van der Waals surface area contributed by atoms with E-state index in [2.05, 4.69) is 5.32 Å². The van der Waals surface area contributed by atoms with Gasteiger partial charge in [-0.05, 0) is 36.8 Å². The molecule has 0 saturated heterocycles. The van der Waals surface area contributed by atoms with Crippen molar-refractivity contribution in [3.05, 3.63) is 64.7 Å². The lowest BCUT2D eigenvalue weighted by Gasteiger charge is -2.31. The lowest BCUT2D eigenvalue weighted by molar-refractivity contribution is 0.0770. The molecular formula is C19H18ClNO4. The molecule has 130 valence electrons. The van der Waals surface area contributed by atoms with Crippen molar-refractivity contribution in [1.82, 2.24) is 5.32 Å². The van der Waals surface area contributed by atoms with E-state index in [0.717, 1.165) is 5.56 Å². The van der Waals surface area contributed by atoms with Gasteiger partial charge < -0.3 is 14.8 Å². The minimum Gasteiger partial charge on any atom is -0.492 e. The second kappa shape index (κ2) is 7.57. The van der Waals surface area contributed by atoms with E-state index in [1.807, 2.05) is 12.1 Å². The molecule has 0 fully saturated rings. The molecule has 0 bridgehead atoms. The van der Waals surface area contributed by atoms with Crippen molar-refractivity contribution in [2.45, 2.75) is 13.0 Å². The molecule has 1 N–H and O–H groups in total. The highest BCUT2D eigenvalue weighted by Crippen LogP contribution is 2.34. The normalized spacial score (nSPS) is 17.2. The van der Waals surface area contributed by atoms with Crippen molar-refractivity contribution in [2.75, 3.05) is 13.2 Å². The van der Waals surface area contributed by atoms with Crippen LogP contribution in [0.5, 0.6) is 5.75 Å². The Hall–Kier alpha value is -2.53. The molecular weight excluding hydrogens is 342 g/mol. The number of ether oxygens (including phenoxy) is 2. The smallest absolute Gasteiger partial charge is 0.407 e. The molecule has 0 unspecified atom stereocenters. The van der Waals surface area contributed by atoms with Crippen molar-refractivity contribution in [3.8, 4) is 5.75 Å². The first-order chi connectivity index (χ1) is 12.1. The largest absolute Gasteiger partial charge is 0.492 e. The van der Waals surface area contributed by atoms with Crippen molar-refractivity contribution in [3.63, 3.8) is 0 Å². The Morgan fingerprint density at radius 2 is 2.12 bits per heavy atom. The van der Waals surface area contributed by atoms with Gasteiger partial charge in [0.2, 0.25) is 0 Å². The fourth-order valence-corrected chi connectivity index (χ4v) is 3.11. The van der Waals surface area contributed by atoms with Crippen LogP contribution >= 0.6 is 11.6 Å². The molecule has 5 nitrogen and oxygen atoms in total. The summed E-state index contributed by atoms with van der Waals surface area (Å²) < 4.78 is 10.7. The standard InChI is InChI=1S/C19H18ClNO4/c1-2-24-19(23)21-17(12-6-5-7-13(20)10-12)15-11-25-16-9-4-3-8-14(16)18(15)22/h3-10,15,17H,2,11H2,1H3,(H,21,23)/t15-,17+/m1/s1. The predicted octanol–water partition coefficient (Wildman–Crippen LogP) is 4.02. The lowest BCUT2D eigenvalue weighted by Crippen LogP contribution is -2.41. The van der Waals surface area contributed by atoms with Crippen molar-refractivity contribution >= 4 is 23.5 Å². The van der Waals surface area contributed by atoms with E-state index < -0.39 is 18.1 Å². The van der Waals surface area contributed by atoms with E-state index in [1.54, 1.807) is 43.3 Å². The van der Waals surface area contributed by atoms with Gasteiger partial charge >= 0.3 is 6.09 Å². The second-order valence-corrected chi connectivity index (χ2v) is 6.11. The van der Waals surface area contributed by atoms with Gasteiger partial charge in [0, 0.05) is 5.02 Å². The van der Waals surface area contributed by atoms with Gasteiger partial charge in [0.1, 0.15) is 12.4 Å². The van der Waals surface area contributed by atoms with Crippen LogP contribution in [-0.4, -0.2) is 25.1 Å². The average molecular weight is 360 g/mol. The number of ketones is 1. The summed E-state index contributed by atoms with van der Waals surface area (Å²) in [4.78, 5) is 24.9. The van der Waals surface area contributed by atoms with Gasteiger partial charge in [0.25, 0.3) is 0 Å². The number of halogens is 1. The first-order valence-electron chi connectivity index (χ1n) is 8.05. The van der Waals surface area contributed by atoms with E-state index in [9.17, 15) is 9.59 Å². The zero-order valence-electron chi connectivity index (χ0n) is 13.7. The van der Waals surface area contributed by atoms with Gasteiger partial charge in [-0.15, -0.1) is 0 Å². The molecule has 6 heteroatoms. The van der Waals surface area contributed by atoms with Gasteiger partial charge in [-0.25, -0.2) is 4.79 Å². The molecule has 2 aromatic rings. The summed E-state index contributed by atoms with van der Waals surface area (Å²) in [5.74, 6) is -0.0916. The summed E-state index contributed by atoms with van der Waals surface area (Å²) in [5, 5.41) is 3.30. The van der Waals surface area contributed by atoms with E-state index in [0.29, 0.717) is 16.3 Å². The minimum absolute atomic E-state index is 0.0800.